The topological polar surface area (TPSA) is 57.9 Å². The van der Waals surface area contributed by atoms with Gasteiger partial charge in [-0.05, 0) is 12.8 Å². The van der Waals surface area contributed by atoms with Crippen molar-refractivity contribution in [2.24, 2.45) is 0 Å². The van der Waals surface area contributed by atoms with E-state index in [0.717, 1.165) is 0 Å². The average Bonchev–Trinajstić information content (AvgIpc) is 1.65. The van der Waals surface area contributed by atoms with E-state index >= 15 is 0 Å². The molecule has 0 aromatic rings. The van der Waals surface area contributed by atoms with E-state index in [0.29, 0.717) is 12.8 Å². The predicted octanol–water partition coefficient (Wildman–Crippen LogP) is 0.788. The van der Waals surface area contributed by atoms with Crippen molar-refractivity contribution >= 4 is 10.0 Å². The summed E-state index contributed by atoms with van der Waals surface area (Å²) in [5.74, 6) is 0. The fraction of sp³-hybridized carbons (Fsp3) is 1.00. The number of rotatable bonds is 3. The summed E-state index contributed by atoms with van der Waals surface area (Å²) in [6.07, 6.45) is 1.09. The second-order valence-electron chi connectivity index (χ2n) is 1.98. The summed E-state index contributed by atoms with van der Waals surface area (Å²) in [7, 11) is -3.52. The summed E-state index contributed by atoms with van der Waals surface area (Å²) in [5, 5.41) is 6.20. The Morgan fingerprint density at radius 3 is 1.67 bits per heavy atom. The molecule has 9 heavy (non-hydrogen) atoms. The maximum Gasteiger partial charge on any atom is 0.228 e. The van der Waals surface area contributed by atoms with Gasteiger partial charge in [-0.15, -0.1) is 5.14 Å². The summed E-state index contributed by atoms with van der Waals surface area (Å²) in [4.78, 5) is 0. The standard InChI is InChI=1S/C5H12NO2S/c1-3-5(4-2)9(6,7)8/h5-6H,3-4H2,1-2H3. The van der Waals surface area contributed by atoms with E-state index < -0.39 is 15.3 Å². The van der Waals surface area contributed by atoms with Crippen LogP contribution in [0.15, 0.2) is 0 Å². The van der Waals surface area contributed by atoms with Crippen LogP contribution in [0.25, 0.3) is 0 Å². The lowest BCUT2D eigenvalue weighted by atomic mass is 10.3. The zero-order valence-electron chi connectivity index (χ0n) is 5.72. The second-order valence-corrected chi connectivity index (χ2v) is 3.74. The van der Waals surface area contributed by atoms with Crippen molar-refractivity contribution in [3.8, 4) is 0 Å². The fourth-order valence-electron chi connectivity index (χ4n) is 0.728. The quantitative estimate of drug-likeness (QED) is 0.597. The molecular formula is C5H12NO2S. The first-order valence-corrected chi connectivity index (χ1v) is 4.55. The highest BCUT2D eigenvalue weighted by molar-refractivity contribution is 7.89. The van der Waals surface area contributed by atoms with Gasteiger partial charge in [-0.2, -0.15) is 0 Å². The Morgan fingerprint density at radius 2 is 1.67 bits per heavy atom. The highest BCUT2D eigenvalue weighted by Gasteiger charge is 2.16. The molecule has 0 aliphatic rings. The van der Waals surface area contributed by atoms with Gasteiger partial charge in [0.05, 0.1) is 5.25 Å². The van der Waals surface area contributed by atoms with E-state index in [9.17, 15) is 8.42 Å². The van der Waals surface area contributed by atoms with Crippen LogP contribution in [0.4, 0.5) is 0 Å². The Kier molecular flexibility index (Phi) is 3.14. The summed E-state index contributed by atoms with van der Waals surface area (Å²) >= 11 is 0. The number of nitrogens with one attached hydrogen (secondary N) is 1. The monoisotopic (exact) mass is 150 g/mol. The van der Waals surface area contributed by atoms with Gasteiger partial charge in [0.25, 0.3) is 0 Å². The third-order valence-electron chi connectivity index (χ3n) is 1.35. The molecule has 4 heteroatoms. The Morgan fingerprint density at radius 1 is 1.33 bits per heavy atom. The lowest BCUT2D eigenvalue weighted by Crippen LogP contribution is -2.19. The van der Waals surface area contributed by atoms with E-state index in [-0.39, 0.29) is 0 Å². The van der Waals surface area contributed by atoms with E-state index in [1.54, 1.807) is 13.8 Å². The zero-order valence-corrected chi connectivity index (χ0v) is 6.53. The molecular weight excluding hydrogens is 138 g/mol. The van der Waals surface area contributed by atoms with Crippen LogP contribution < -0.4 is 5.14 Å². The van der Waals surface area contributed by atoms with Crippen molar-refractivity contribution in [3.05, 3.63) is 0 Å². The summed E-state index contributed by atoms with van der Waals surface area (Å²) in [6.45, 7) is 3.56. The maximum absolute atomic E-state index is 10.5. The third kappa shape index (κ3) is 2.81. The molecule has 0 aliphatic carbocycles. The normalized spacial score (nSPS) is 12.4. The van der Waals surface area contributed by atoms with Crippen LogP contribution in [0.5, 0.6) is 0 Å². The second kappa shape index (κ2) is 3.17. The third-order valence-corrected chi connectivity index (χ3v) is 2.89. The van der Waals surface area contributed by atoms with Gasteiger partial charge in [0.15, 0.2) is 0 Å². The lowest BCUT2D eigenvalue weighted by molar-refractivity contribution is 0.571. The van der Waals surface area contributed by atoms with Crippen molar-refractivity contribution in [1.82, 2.24) is 5.14 Å². The molecule has 0 fully saturated rings. The molecule has 0 atom stereocenters. The summed E-state index contributed by atoms with van der Waals surface area (Å²) in [5.41, 5.74) is 0. The Labute approximate surface area is 56.3 Å². The highest BCUT2D eigenvalue weighted by atomic mass is 32.2. The Bertz CT molecular complexity index is 158. The van der Waals surface area contributed by atoms with Gasteiger partial charge in [-0.1, -0.05) is 13.8 Å². The van der Waals surface area contributed by atoms with Crippen LogP contribution in [0, 0.1) is 0 Å². The van der Waals surface area contributed by atoms with Crippen molar-refractivity contribution in [3.63, 3.8) is 0 Å². The molecule has 0 spiro atoms. The van der Waals surface area contributed by atoms with E-state index in [1.165, 1.54) is 0 Å². The molecule has 0 unspecified atom stereocenters. The van der Waals surface area contributed by atoms with Crippen LogP contribution >= 0.6 is 0 Å². The van der Waals surface area contributed by atoms with Gasteiger partial charge in [-0.3, -0.25) is 0 Å². The molecule has 0 amide bonds. The molecule has 1 radical (unpaired) electrons. The molecule has 0 aromatic heterocycles. The van der Waals surface area contributed by atoms with Gasteiger partial charge < -0.3 is 0 Å². The van der Waals surface area contributed by atoms with Crippen LogP contribution in [-0.4, -0.2) is 13.7 Å². The van der Waals surface area contributed by atoms with Crippen molar-refractivity contribution in [2.45, 2.75) is 31.9 Å². The number of sulfonamides is 1. The van der Waals surface area contributed by atoms with Gasteiger partial charge in [-0.25, -0.2) is 8.42 Å². The first kappa shape index (κ1) is 8.91. The highest BCUT2D eigenvalue weighted by Crippen LogP contribution is 2.05. The Balaban J connectivity index is 4.14. The molecule has 55 valence electrons. The summed E-state index contributed by atoms with van der Waals surface area (Å²) < 4.78 is 20.9. The van der Waals surface area contributed by atoms with Gasteiger partial charge in [0, 0.05) is 0 Å². The first-order chi connectivity index (χ1) is 4.02. The lowest BCUT2D eigenvalue weighted by Gasteiger charge is -2.06. The molecule has 0 aromatic carbocycles. The maximum atomic E-state index is 10.5. The van der Waals surface area contributed by atoms with Crippen LogP contribution in [-0.2, 0) is 10.0 Å². The molecule has 3 nitrogen and oxygen atoms in total. The minimum atomic E-state index is -3.52. The fourth-order valence-corrected chi connectivity index (χ4v) is 1.61. The zero-order chi connectivity index (χ0) is 7.49. The molecule has 0 rings (SSSR count). The summed E-state index contributed by atoms with van der Waals surface area (Å²) in [6, 6.07) is 0. The van der Waals surface area contributed by atoms with Crippen molar-refractivity contribution in [1.29, 1.82) is 0 Å². The molecule has 0 saturated carbocycles. The largest absolute Gasteiger partial charge is 0.228 e. The molecule has 0 bridgehead atoms. The van der Waals surface area contributed by atoms with Crippen LogP contribution in [0.3, 0.4) is 0 Å². The van der Waals surface area contributed by atoms with E-state index in [4.69, 9.17) is 5.14 Å². The predicted molar refractivity (Wildman–Crippen MR) is 36.4 cm³/mol. The SMILES string of the molecule is CCC(CC)S([NH])(=O)=O. The smallest absolute Gasteiger partial charge is 0.211 e. The van der Waals surface area contributed by atoms with E-state index in [2.05, 4.69) is 0 Å². The van der Waals surface area contributed by atoms with Gasteiger partial charge in [0.1, 0.15) is 0 Å². The average molecular weight is 150 g/mol. The molecule has 0 saturated heterocycles. The molecule has 0 aliphatic heterocycles. The van der Waals surface area contributed by atoms with Gasteiger partial charge in [0.2, 0.25) is 10.0 Å². The molecule has 1 N–H and O–H groups in total. The van der Waals surface area contributed by atoms with Gasteiger partial charge >= 0.3 is 0 Å². The number of hydrogen-bond donors (Lipinski definition) is 0. The Hall–Kier alpha value is -0.0900. The first-order valence-electron chi connectivity index (χ1n) is 3.00. The minimum absolute atomic E-state index is 0.461. The number of hydrogen-bond acceptors (Lipinski definition) is 2. The van der Waals surface area contributed by atoms with E-state index in [1.807, 2.05) is 0 Å². The van der Waals surface area contributed by atoms with Crippen LogP contribution in [0.2, 0.25) is 0 Å². The van der Waals surface area contributed by atoms with Crippen LogP contribution in [0.1, 0.15) is 26.7 Å². The molecule has 0 heterocycles. The van der Waals surface area contributed by atoms with Crippen molar-refractivity contribution < 1.29 is 8.42 Å². The van der Waals surface area contributed by atoms with Crippen molar-refractivity contribution in [2.75, 3.05) is 0 Å². The minimum Gasteiger partial charge on any atom is -0.211 e.